The second-order valence-electron chi connectivity index (χ2n) is 7.15. The number of carbonyl (C=O) groups is 2. The molecule has 9 nitrogen and oxygen atoms in total. The molecule has 0 unspecified atom stereocenters. The number of methoxy groups -OCH3 is 1. The number of piperazine rings is 1. The predicted molar refractivity (Wildman–Crippen MR) is 118 cm³/mol. The summed E-state index contributed by atoms with van der Waals surface area (Å²) >= 11 is 0. The van der Waals surface area contributed by atoms with Gasteiger partial charge in [0.15, 0.2) is 23.9 Å². The van der Waals surface area contributed by atoms with Crippen molar-refractivity contribution >= 4 is 23.3 Å². The lowest BCUT2D eigenvalue weighted by molar-refractivity contribution is -0.118. The number of nitrogens with one attached hydrogen (secondary N) is 1. The normalized spacial score (nSPS) is 13.5. The number of para-hydroxylation sites is 2. The number of anilines is 2. The first-order chi connectivity index (χ1) is 15.6. The molecule has 0 radical (unpaired) electrons. The van der Waals surface area contributed by atoms with Gasteiger partial charge < -0.3 is 29.0 Å². The SMILES string of the molecule is COc1ccccc1OCC(=O)Nc1ccc(N2CCN(C(=O)c3ccco3)CC2)nc1. The average Bonchev–Trinajstić information content (AvgIpc) is 3.38. The standard InChI is InChI=1S/C23H24N4O5/c1-30-18-5-2-3-6-19(18)32-16-22(28)25-17-8-9-21(24-15-17)26-10-12-27(13-11-26)23(29)20-7-4-14-31-20/h2-9,14-15H,10-13,16H2,1H3,(H,25,28). The number of hydrogen-bond donors (Lipinski definition) is 1. The number of pyridine rings is 1. The van der Waals surface area contributed by atoms with Crippen molar-refractivity contribution in [3.8, 4) is 11.5 Å². The lowest BCUT2D eigenvalue weighted by atomic mass is 10.2. The number of furan rings is 1. The van der Waals surface area contributed by atoms with Crippen molar-refractivity contribution in [3.63, 3.8) is 0 Å². The minimum Gasteiger partial charge on any atom is -0.493 e. The largest absolute Gasteiger partial charge is 0.493 e. The lowest BCUT2D eigenvalue weighted by Gasteiger charge is -2.35. The first-order valence-corrected chi connectivity index (χ1v) is 10.2. The van der Waals surface area contributed by atoms with Gasteiger partial charge in [0, 0.05) is 26.2 Å². The summed E-state index contributed by atoms with van der Waals surface area (Å²) in [6, 6.07) is 14.2. The molecule has 3 aromatic rings. The molecule has 9 heteroatoms. The Kier molecular flexibility index (Phi) is 6.54. The van der Waals surface area contributed by atoms with Gasteiger partial charge in [-0.05, 0) is 36.4 Å². The van der Waals surface area contributed by atoms with Crippen molar-refractivity contribution in [2.75, 3.05) is 50.1 Å². The molecule has 32 heavy (non-hydrogen) atoms. The van der Waals surface area contributed by atoms with Gasteiger partial charge in [-0.2, -0.15) is 0 Å². The van der Waals surface area contributed by atoms with E-state index in [4.69, 9.17) is 13.9 Å². The molecule has 0 aliphatic carbocycles. The summed E-state index contributed by atoms with van der Waals surface area (Å²) < 4.78 is 15.9. The third-order valence-corrected chi connectivity index (χ3v) is 5.08. The highest BCUT2D eigenvalue weighted by molar-refractivity contribution is 5.92. The van der Waals surface area contributed by atoms with E-state index in [1.807, 2.05) is 18.2 Å². The van der Waals surface area contributed by atoms with Crippen LogP contribution in [-0.4, -0.2) is 61.6 Å². The summed E-state index contributed by atoms with van der Waals surface area (Å²) in [5.74, 6) is 1.82. The maximum atomic E-state index is 12.4. The Morgan fingerprint density at radius 2 is 1.81 bits per heavy atom. The van der Waals surface area contributed by atoms with Crippen LogP contribution in [-0.2, 0) is 4.79 Å². The molecule has 1 aliphatic rings. The fraction of sp³-hybridized carbons (Fsp3) is 0.261. The van der Waals surface area contributed by atoms with E-state index < -0.39 is 0 Å². The summed E-state index contributed by atoms with van der Waals surface area (Å²) in [6.45, 7) is 2.35. The molecular formula is C23H24N4O5. The van der Waals surface area contributed by atoms with E-state index in [0.717, 1.165) is 5.82 Å². The molecule has 4 rings (SSSR count). The first kappa shape index (κ1) is 21.2. The van der Waals surface area contributed by atoms with Crippen molar-refractivity contribution in [2.24, 2.45) is 0 Å². The van der Waals surface area contributed by atoms with Crippen LogP contribution in [0.2, 0.25) is 0 Å². The molecule has 0 spiro atoms. The highest BCUT2D eigenvalue weighted by atomic mass is 16.5. The highest BCUT2D eigenvalue weighted by Crippen LogP contribution is 2.25. The number of carbonyl (C=O) groups excluding carboxylic acids is 2. The van der Waals surface area contributed by atoms with Crippen LogP contribution < -0.4 is 19.7 Å². The highest BCUT2D eigenvalue weighted by Gasteiger charge is 2.24. The van der Waals surface area contributed by atoms with Crippen LogP contribution in [0.1, 0.15) is 10.6 Å². The Bertz CT molecular complexity index is 1040. The first-order valence-electron chi connectivity index (χ1n) is 10.2. The van der Waals surface area contributed by atoms with Gasteiger partial charge in [-0.15, -0.1) is 0 Å². The Hall–Kier alpha value is -4.01. The van der Waals surface area contributed by atoms with Crippen LogP contribution in [0.25, 0.3) is 0 Å². The summed E-state index contributed by atoms with van der Waals surface area (Å²) in [5, 5.41) is 2.77. The van der Waals surface area contributed by atoms with Gasteiger partial charge in [0.25, 0.3) is 11.8 Å². The molecule has 2 amide bonds. The van der Waals surface area contributed by atoms with E-state index in [0.29, 0.717) is 49.1 Å². The molecule has 1 aliphatic heterocycles. The second-order valence-corrected chi connectivity index (χ2v) is 7.15. The maximum absolute atomic E-state index is 12.4. The summed E-state index contributed by atoms with van der Waals surface area (Å²) in [4.78, 5) is 32.9. The Morgan fingerprint density at radius 3 is 2.47 bits per heavy atom. The number of ether oxygens (including phenoxy) is 2. The zero-order valence-electron chi connectivity index (χ0n) is 17.7. The van der Waals surface area contributed by atoms with Crippen molar-refractivity contribution in [1.82, 2.24) is 9.88 Å². The van der Waals surface area contributed by atoms with Crippen LogP contribution in [0.4, 0.5) is 11.5 Å². The molecule has 1 N–H and O–H groups in total. The molecule has 1 aromatic carbocycles. The molecule has 0 bridgehead atoms. The van der Waals surface area contributed by atoms with Crippen molar-refractivity contribution in [3.05, 3.63) is 66.8 Å². The van der Waals surface area contributed by atoms with Gasteiger partial charge in [-0.1, -0.05) is 12.1 Å². The number of hydrogen-bond acceptors (Lipinski definition) is 7. The molecule has 3 heterocycles. The fourth-order valence-corrected chi connectivity index (χ4v) is 3.42. The molecular weight excluding hydrogens is 412 g/mol. The average molecular weight is 436 g/mol. The third-order valence-electron chi connectivity index (χ3n) is 5.08. The minimum atomic E-state index is -0.296. The van der Waals surface area contributed by atoms with Gasteiger partial charge in [-0.3, -0.25) is 9.59 Å². The number of nitrogens with zero attached hydrogens (tertiary/aromatic N) is 3. The Balaban J connectivity index is 1.26. The zero-order valence-corrected chi connectivity index (χ0v) is 17.7. The predicted octanol–water partition coefficient (Wildman–Crippen LogP) is 2.66. The van der Waals surface area contributed by atoms with E-state index in [1.54, 1.807) is 48.5 Å². The minimum absolute atomic E-state index is 0.101. The van der Waals surface area contributed by atoms with Gasteiger partial charge in [0.1, 0.15) is 5.82 Å². The number of aromatic nitrogens is 1. The maximum Gasteiger partial charge on any atom is 0.289 e. The van der Waals surface area contributed by atoms with E-state index in [9.17, 15) is 9.59 Å². The summed E-state index contributed by atoms with van der Waals surface area (Å²) in [6.07, 6.45) is 3.11. The topological polar surface area (TPSA) is 97.1 Å². The zero-order chi connectivity index (χ0) is 22.3. The summed E-state index contributed by atoms with van der Waals surface area (Å²) in [7, 11) is 1.55. The van der Waals surface area contributed by atoms with Gasteiger partial charge in [-0.25, -0.2) is 4.98 Å². The lowest BCUT2D eigenvalue weighted by Crippen LogP contribution is -2.49. The van der Waals surface area contributed by atoms with Crippen molar-refractivity contribution in [2.45, 2.75) is 0 Å². The van der Waals surface area contributed by atoms with Crippen LogP contribution >= 0.6 is 0 Å². The second kappa shape index (κ2) is 9.86. The number of amides is 2. The number of rotatable bonds is 7. The van der Waals surface area contributed by atoms with Crippen LogP contribution in [0.3, 0.4) is 0 Å². The van der Waals surface area contributed by atoms with Crippen molar-refractivity contribution in [1.29, 1.82) is 0 Å². The molecule has 1 saturated heterocycles. The fourth-order valence-electron chi connectivity index (χ4n) is 3.42. The molecule has 1 fully saturated rings. The third kappa shape index (κ3) is 5.00. The van der Waals surface area contributed by atoms with Gasteiger partial charge in [0.05, 0.1) is 25.3 Å². The number of benzene rings is 1. The summed E-state index contributed by atoms with van der Waals surface area (Å²) in [5.41, 5.74) is 0.578. The van der Waals surface area contributed by atoms with E-state index in [2.05, 4.69) is 15.2 Å². The van der Waals surface area contributed by atoms with Crippen LogP contribution in [0.15, 0.2) is 65.4 Å². The van der Waals surface area contributed by atoms with E-state index in [1.165, 1.54) is 6.26 Å². The molecule has 0 atom stereocenters. The smallest absolute Gasteiger partial charge is 0.289 e. The molecule has 2 aromatic heterocycles. The van der Waals surface area contributed by atoms with E-state index in [-0.39, 0.29) is 18.4 Å². The molecule has 0 saturated carbocycles. The van der Waals surface area contributed by atoms with Crippen molar-refractivity contribution < 1.29 is 23.5 Å². The van der Waals surface area contributed by atoms with Crippen LogP contribution in [0.5, 0.6) is 11.5 Å². The van der Waals surface area contributed by atoms with Gasteiger partial charge >= 0.3 is 0 Å². The Labute approximate surface area is 185 Å². The monoisotopic (exact) mass is 436 g/mol. The Morgan fingerprint density at radius 1 is 1.03 bits per heavy atom. The van der Waals surface area contributed by atoms with E-state index >= 15 is 0 Å². The van der Waals surface area contributed by atoms with Gasteiger partial charge in [0.2, 0.25) is 0 Å². The van der Waals surface area contributed by atoms with Crippen LogP contribution in [0, 0.1) is 0 Å². The molecule has 166 valence electrons. The quantitative estimate of drug-likeness (QED) is 0.608.